The number of thiocarbonyl (C=S) groups is 1. The Morgan fingerprint density at radius 1 is 1.43 bits per heavy atom. The van der Waals surface area contributed by atoms with Crippen molar-refractivity contribution in [2.75, 3.05) is 0 Å². The highest BCUT2D eigenvalue weighted by atomic mass is 32.1. The Morgan fingerprint density at radius 3 is 2.81 bits per heavy atom. The number of aryl methyl sites for hydroxylation is 2. The van der Waals surface area contributed by atoms with Crippen molar-refractivity contribution in [3.8, 4) is 0 Å². The van der Waals surface area contributed by atoms with E-state index in [1.54, 1.807) is 17.8 Å². The summed E-state index contributed by atoms with van der Waals surface area (Å²) >= 11 is 4.95. The van der Waals surface area contributed by atoms with Crippen LogP contribution in [0.1, 0.15) is 34.2 Å². The summed E-state index contributed by atoms with van der Waals surface area (Å²) in [5.41, 5.74) is 8.80. The van der Waals surface area contributed by atoms with E-state index >= 15 is 0 Å². The molecule has 3 N–H and O–H groups in total. The van der Waals surface area contributed by atoms with E-state index in [2.05, 4.69) is 10.4 Å². The van der Waals surface area contributed by atoms with Crippen molar-refractivity contribution in [1.29, 1.82) is 0 Å². The van der Waals surface area contributed by atoms with Crippen molar-refractivity contribution in [2.45, 2.75) is 19.9 Å². The number of nitrogens with two attached hydrogens (primary N) is 1. The summed E-state index contributed by atoms with van der Waals surface area (Å²) in [6.45, 7) is 2.42. The van der Waals surface area contributed by atoms with Crippen LogP contribution in [0, 0.1) is 0 Å². The summed E-state index contributed by atoms with van der Waals surface area (Å²) < 4.78 is 1.60. The molecule has 1 amide bonds. The van der Waals surface area contributed by atoms with Crippen LogP contribution < -0.4 is 11.1 Å². The SMILES string of the molecule is CCc1cc(C(=O)NCc2cccc(C(N)=S)c2)n(C)n1. The van der Waals surface area contributed by atoms with E-state index in [-0.39, 0.29) is 5.91 Å². The van der Waals surface area contributed by atoms with Crippen LogP contribution in [-0.2, 0) is 20.0 Å². The Morgan fingerprint density at radius 2 is 2.19 bits per heavy atom. The van der Waals surface area contributed by atoms with Crippen LogP contribution in [0.15, 0.2) is 30.3 Å². The minimum atomic E-state index is -0.148. The molecule has 0 aliphatic heterocycles. The topological polar surface area (TPSA) is 72.9 Å². The molecule has 0 aliphatic rings. The van der Waals surface area contributed by atoms with Gasteiger partial charge in [-0.25, -0.2) is 0 Å². The van der Waals surface area contributed by atoms with Crippen LogP contribution in [0.5, 0.6) is 0 Å². The molecule has 2 aromatic rings. The van der Waals surface area contributed by atoms with Crippen molar-refractivity contribution in [3.05, 3.63) is 52.8 Å². The standard InChI is InChI=1S/C15H18N4OS/c1-3-12-8-13(19(2)18-12)15(20)17-9-10-5-4-6-11(7-10)14(16)21/h4-8H,3,9H2,1-2H3,(H2,16,21)(H,17,20). The van der Waals surface area contributed by atoms with Crippen molar-refractivity contribution in [3.63, 3.8) is 0 Å². The molecule has 0 saturated carbocycles. The maximum atomic E-state index is 12.2. The van der Waals surface area contributed by atoms with Crippen LogP contribution in [0.25, 0.3) is 0 Å². The first-order chi connectivity index (χ1) is 10.0. The molecule has 0 radical (unpaired) electrons. The van der Waals surface area contributed by atoms with E-state index in [9.17, 15) is 4.79 Å². The molecule has 0 bridgehead atoms. The second-order valence-electron chi connectivity index (χ2n) is 4.75. The van der Waals surface area contributed by atoms with Gasteiger partial charge in [0.1, 0.15) is 10.7 Å². The number of hydrogen-bond acceptors (Lipinski definition) is 3. The van der Waals surface area contributed by atoms with Crippen LogP contribution in [0.4, 0.5) is 0 Å². The molecule has 0 fully saturated rings. The van der Waals surface area contributed by atoms with E-state index < -0.39 is 0 Å². The predicted octanol–water partition coefficient (Wildman–Crippen LogP) is 1.55. The molecule has 2 rings (SSSR count). The van der Waals surface area contributed by atoms with E-state index in [4.69, 9.17) is 18.0 Å². The van der Waals surface area contributed by atoms with E-state index in [1.165, 1.54) is 0 Å². The van der Waals surface area contributed by atoms with Gasteiger partial charge in [-0.2, -0.15) is 5.10 Å². The van der Waals surface area contributed by atoms with Gasteiger partial charge in [0.05, 0.1) is 5.69 Å². The summed E-state index contributed by atoms with van der Waals surface area (Å²) in [6.07, 6.45) is 0.803. The van der Waals surface area contributed by atoms with Crippen LogP contribution in [0.2, 0.25) is 0 Å². The molecule has 1 aromatic carbocycles. The zero-order valence-electron chi connectivity index (χ0n) is 12.1. The lowest BCUT2D eigenvalue weighted by Gasteiger charge is -2.07. The van der Waals surface area contributed by atoms with Gasteiger partial charge in [-0.3, -0.25) is 9.48 Å². The molecule has 5 nitrogen and oxygen atoms in total. The molecular weight excluding hydrogens is 284 g/mol. The maximum Gasteiger partial charge on any atom is 0.269 e. The number of carbonyl (C=O) groups excluding carboxylic acids is 1. The Labute approximate surface area is 129 Å². The monoisotopic (exact) mass is 302 g/mol. The average Bonchev–Trinajstić information content (AvgIpc) is 2.86. The Bertz CT molecular complexity index is 678. The third-order valence-corrected chi connectivity index (χ3v) is 3.43. The Kier molecular flexibility index (Phi) is 4.70. The van der Waals surface area contributed by atoms with Crippen molar-refractivity contribution in [1.82, 2.24) is 15.1 Å². The van der Waals surface area contributed by atoms with Gasteiger partial charge >= 0.3 is 0 Å². The quantitative estimate of drug-likeness (QED) is 0.822. The number of hydrogen-bond donors (Lipinski definition) is 2. The van der Waals surface area contributed by atoms with E-state index in [0.29, 0.717) is 17.2 Å². The Hall–Kier alpha value is -2.21. The normalized spacial score (nSPS) is 10.4. The third-order valence-electron chi connectivity index (χ3n) is 3.19. The molecule has 0 atom stereocenters. The molecular formula is C15H18N4OS. The van der Waals surface area contributed by atoms with Gasteiger partial charge in [-0.05, 0) is 24.1 Å². The minimum absolute atomic E-state index is 0.148. The fraction of sp³-hybridized carbons (Fsp3) is 0.267. The molecule has 0 unspecified atom stereocenters. The highest BCUT2D eigenvalue weighted by Gasteiger charge is 2.12. The smallest absolute Gasteiger partial charge is 0.269 e. The summed E-state index contributed by atoms with van der Waals surface area (Å²) in [4.78, 5) is 12.5. The number of nitrogens with zero attached hydrogens (tertiary/aromatic N) is 2. The van der Waals surface area contributed by atoms with Gasteiger partial charge in [0.2, 0.25) is 0 Å². The van der Waals surface area contributed by atoms with Gasteiger partial charge in [-0.1, -0.05) is 37.3 Å². The predicted molar refractivity (Wildman–Crippen MR) is 86.1 cm³/mol. The first-order valence-corrected chi connectivity index (χ1v) is 7.12. The molecule has 6 heteroatoms. The second kappa shape index (κ2) is 6.49. The van der Waals surface area contributed by atoms with E-state index in [0.717, 1.165) is 23.2 Å². The fourth-order valence-corrected chi connectivity index (χ4v) is 2.15. The summed E-state index contributed by atoms with van der Waals surface area (Å²) in [6, 6.07) is 9.32. The van der Waals surface area contributed by atoms with Crippen LogP contribution in [-0.4, -0.2) is 20.7 Å². The molecule has 0 aliphatic carbocycles. The molecule has 21 heavy (non-hydrogen) atoms. The largest absolute Gasteiger partial charge is 0.389 e. The minimum Gasteiger partial charge on any atom is -0.389 e. The highest BCUT2D eigenvalue weighted by Crippen LogP contribution is 2.07. The number of aromatic nitrogens is 2. The fourth-order valence-electron chi connectivity index (χ4n) is 2.02. The first-order valence-electron chi connectivity index (χ1n) is 6.71. The summed E-state index contributed by atoms with van der Waals surface area (Å²) in [7, 11) is 1.77. The van der Waals surface area contributed by atoms with Gasteiger partial charge < -0.3 is 11.1 Å². The number of benzene rings is 1. The number of rotatable bonds is 5. The van der Waals surface area contributed by atoms with Gasteiger partial charge in [0, 0.05) is 19.2 Å². The molecule has 1 heterocycles. The molecule has 0 spiro atoms. The highest BCUT2D eigenvalue weighted by molar-refractivity contribution is 7.80. The first kappa shape index (κ1) is 15.2. The lowest BCUT2D eigenvalue weighted by molar-refractivity contribution is 0.0941. The van der Waals surface area contributed by atoms with Gasteiger partial charge in [-0.15, -0.1) is 0 Å². The number of carbonyl (C=O) groups is 1. The Balaban J connectivity index is 2.05. The number of amides is 1. The third kappa shape index (κ3) is 3.66. The summed E-state index contributed by atoms with van der Waals surface area (Å²) in [5.74, 6) is -0.148. The van der Waals surface area contributed by atoms with Crippen molar-refractivity contribution >= 4 is 23.1 Å². The summed E-state index contributed by atoms with van der Waals surface area (Å²) in [5, 5.41) is 7.14. The zero-order valence-corrected chi connectivity index (χ0v) is 12.9. The average molecular weight is 302 g/mol. The van der Waals surface area contributed by atoms with Crippen LogP contribution in [0.3, 0.4) is 0 Å². The molecule has 0 saturated heterocycles. The number of nitrogens with one attached hydrogen (secondary N) is 1. The maximum absolute atomic E-state index is 12.2. The lowest BCUT2D eigenvalue weighted by Crippen LogP contribution is -2.25. The zero-order chi connectivity index (χ0) is 15.4. The van der Waals surface area contributed by atoms with Gasteiger partial charge in [0.15, 0.2) is 0 Å². The second-order valence-corrected chi connectivity index (χ2v) is 5.19. The van der Waals surface area contributed by atoms with Crippen molar-refractivity contribution < 1.29 is 4.79 Å². The van der Waals surface area contributed by atoms with Gasteiger partial charge in [0.25, 0.3) is 5.91 Å². The van der Waals surface area contributed by atoms with Crippen molar-refractivity contribution in [2.24, 2.45) is 12.8 Å². The molecule has 1 aromatic heterocycles. The van der Waals surface area contributed by atoms with Crippen LogP contribution >= 0.6 is 12.2 Å². The lowest BCUT2D eigenvalue weighted by atomic mass is 10.1. The molecule has 110 valence electrons. The van der Waals surface area contributed by atoms with E-state index in [1.807, 2.05) is 31.2 Å².